The van der Waals surface area contributed by atoms with E-state index in [0.29, 0.717) is 64.7 Å². The van der Waals surface area contributed by atoms with Gasteiger partial charge in [0.1, 0.15) is 11.3 Å². The van der Waals surface area contributed by atoms with E-state index in [-0.39, 0.29) is 22.4 Å². The molecule has 0 fully saturated rings. The van der Waals surface area contributed by atoms with E-state index in [1.165, 1.54) is 6.07 Å². The summed E-state index contributed by atoms with van der Waals surface area (Å²) in [5.74, 6) is -0.748. The Morgan fingerprint density at radius 1 is 0.946 bits per heavy atom. The number of carbonyl (C=O) groups is 2. The molecule has 0 saturated carbocycles. The maximum atomic E-state index is 12.9. The third-order valence-electron chi connectivity index (χ3n) is 6.52. The van der Waals surface area contributed by atoms with Crippen LogP contribution in [0.5, 0.6) is 0 Å². The number of amides is 1. The van der Waals surface area contributed by atoms with Crippen molar-refractivity contribution < 1.29 is 19.1 Å². The molecule has 2 aromatic carbocycles. The zero-order valence-electron chi connectivity index (χ0n) is 20.4. The zero-order valence-corrected chi connectivity index (χ0v) is 20.4. The number of anilines is 1. The molecule has 0 unspecified atom stereocenters. The van der Waals surface area contributed by atoms with E-state index in [0.717, 1.165) is 19.3 Å². The second-order valence-corrected chi connectivity index (χ2v) is 9.07. The van der Waals surface area contributed by atoms with Gasteiger partial charge in [0.05, 0.1) is 10.9 Å². The molecule has 1 heterocycles. The highest BCUT2D eigenvalue weighted by Crippen LogP contribution is 2.41. The van der Waals surface area contributed by atoms with Crippen molar-refractivity contribution in [2.45, 2.75) is 19.3 Å². The van der Waals surface area contributed by atoms with Gasteiger partial charge in [0.25, 0.3) is 5.91 Å². The van der Waals surface area contributed by atoms with Gasteiger partial charge in [-0.05, 0) is 80.2 Å². The second kappa shape index (κ2) is 11.2. The third-order valence-corrected chi connectivity index (χ3v) is 6.52. The van der Waals surface area contributed by atoms with Gasteiger partial charge in [-0.25, -0.2) is 4.79 Å². The number of hydrogen-bond acceptors (Lipinski definition) is 7. The van der Waals surface area contributed by atoms with Gasteiger partial charge in [-0.15, -0.1) is 0 Å². The number of hydrogen-bond donors (Lipinski definition) is 6. The Morgan fingerprint density at radius 3 is 2.38 bits per heavy atom. The van der Waals surface area contributed by atoms with Crippen molar-refractivity contribution >= 4 is 28.5 Å². The van der Waals surface area contributed by atoms with Crippen LogP contribution in [-0.2, 0) is 0 Å². The summed E-state index contributed by atoms with van der Waals surface area (Å²) in [6.45, 7) is 1.57. The van der Waals surface area contributed by atoms with Crippen LogP contribution in [0.2, 0.25) is 0 Å². The number of nitrogens with two attached hydrogens (primary N) is 3. The second-order valence-electron chi connectivity index (χ2n) is 9.07. The maximum Gasteiger partial charge on any atom is 0.336 e. The molecule has 192 valence electrons. The van der Waals surface area contributed by atoms with Crippen LogP contribution in [0.1, 0.15) is 40.0 Å². The predicted octanol–water partition coefficient (Wildman–Crippen LogP) is 3.40. The lowest BCUT2D eigenvalue weighted by atomic mass is 9.89. The van der Waals surface area contributed by atoms with Gasteiger partial charge in [-0.1, -0.05) is 6.07 Å². The number of nitrogens with one attached hydrogen (secondary N) is 2. The molecule has 0 spiro atoms. The first-order valence-electron chi connectivity index (χ1n) is 12.2. The van der Waals surface area contributed by atoms with Crippen molar-refractivity contribution in [1.82, 2.24) is 5.32 Å². The fraction of sp³-hybridized carbons (Fsp3) is 0.250. The minimum absolute atomic E-state index is 0.0163. The Balaban J connectivity index is 1.73. The lowest BCUT2D eigenvalue weighted by Crippen LogP contribution is -2.27. The van der Waals surface area contributed by atoms with E-state index >= 15 is 0 Å². The first-order chi connectivity index (χ1) is 17.8. The van der Waals surface area contributed by atoms with Crippen LogP contribution in [0.25, 0.3) is 33.4 Å². The SMILES string of the molecule is N=c1ccc2c(-c3ccc(C(=O)NCCC(CCN)CCN)cc3C(=O)O)c3ccc(N)cc3oc-2c1. The fourth-order valence-corrected chi connectivity index (χ4v) is 4.67. The zero-order chi connectivity index (χ0) is 26.5. The topological polar surface area (TPSA) is 181 Å². The Hall–Kier alpha value is -4.21. The highest BCUT2D eigenvalue weighted by Gasteiger charge is 2.23. The molecule has 2 aromatic rings. The van der Waals surface area contributed by atoms with Crippen molar-refractivity contribution in [3.8, 4) is 22.5 Å². The summed E-state index contributed by atoms with van der Waals surface area (Å²) >= 11 is 0. The molecular formula is C28H31N5O4. The van der Waals surface area contributed by atoms with E-state index in [1.807, 2.05) is 0 Å². The van der Waals surface area contributed by atoms with Crippen LogP contribution < -0.4 is 27.9 Å². The van der Waals surface area contributed by atoms with Gasteiger partial charge in [0, 0.05) is 46.4 Å². The van der Waals surface area contributed by atoms with Gasteiger partial charge in [0.2, 0.25) is 0 Å². The Bertz CT molecular complexity index is 1470. The van der Waals surface area contributed by atoms with E-state index < -0.39 is 5.97 Å². The van der Waals surface area contributed by atoms with E-state index in [9.17, 15) is 14.7 Å². The number of fused-ring (bicyclic) bond motifs is 2. The van der Waals surface area contributed by atoms with Gasteiger partial charge in [-0.2, -0.15) is 0 Å². The third kappa shape index (κ3) is 5.63. The number of carbonyl (C=O) groups excluding carboxylic acids is 1. The summed E-state index contributed by atoms with van der Waals surface area (Å²) in [6, 6.07) is 14.7. The molecule has 4 rings (SSSR count). The highest BCUT2D eigenvalue weighted by atomic mass is 16.4. The molecule has 9 heteroatoms. The van der Waals surface area contributed by atoms with Crippen LogP contribution >= 0.6 is 0 Å². The Morgan fingerprint density at radius 2 is 1.68 bits per heavy atom. The molecule has 9 nitrogen and oxygen atoms in total. The molecule has 0 bridgehead atoms. The molecule has 9 N–H and O–H groups in total. The minimum Gasteiger partial charge on any atom is -0.478 e. The lowest BCUT2D eigenvalue weighted by Gasteiger charge is -2.18. The first-order valence-corrected chi connectivity index (χ1v) is 12.2. The molecule has 2 aliphatic rings. The van der Waals surface area contributed by atoms with Crippen molar-refractivity contribution in [3.63, 3.8) is 0 Å². The van der Waals surface area contributed by atoms with Gasteiger partial charge >= 0.3 is 5.97 Å². The molecule has 0 saturated heterocycles. The number of nitrogen functional groups attached to an aromatic ring is 1. The van der Waals surface area contributed by atoms with Crippen molar-refractivity contribution in [3.05, 3.63) is 71.1 Å². The largest absolute Gasteiger partial charge is 0.478 e. The van der Waals surface area contributed by atoms with Crippen LogP contribution in [-0.4, -0.2) is 36.6 Å². The molecule has 1 aliphatic carbocycles. The van der Waals surface area contributed by atoms with Gasteiger partial charge < -0.3 is 37.5 Å². The van der Waals surface area contributed by atoms with E-state index in [4.69, 9.17) is 27.0 Å². The summed E-state index contributed by atoms with van der Waals surface area (Å²) in [5, 5.41) is 21.9. The number of aromatic carboxylic acids is 1. The molecule has 0 atom stereocenters. The van der Waals surface area contributed by atoms with Gasteiger partial charge in [0.15, 0.2) is 0 Å². The summed E-state index contributed by atoms with van der Waals surface area (Å²) in [7, 11) is 0. The van der Waals surface area contributed by atoms with Crippen molar-refractivity contribution in [2.24, 2.45) is 17.4 Å². The van der Waals surface area contributed by atoms with Crippen LogP contribution in [0.4, 0.5) is 5.69 Å². The summed E-state index contributed by atoms with van der Waals surface area (Å²) in [6.07, 6.45) is 2.42. The quantitative estimate of drug-likeness (QED) is 0.142. The monoisotopic (exact) mass is 501 g/mol. The highest BCUT2D eigenvalue weighted by molar-refractivity contribution is 6.09. The summed E-state index contributed by atoms with van der Waals surface area (Å²) in [5.41, 5.74) is 20.2. The number of carboxylic acids is 1. The van der Waals surface area contributed by atoms with Crippen LogP contribution in [0, 0.1) is 11.3 Å². The average molecular weight is 502 g/mol. The van der Waals surface area contributed by atoms with Crippen molar-refractivity contribution in [2.75, 3.05) is 25.4 Å². The first kappa shape index (κ1) is 25.9. The molecule has 1 amide bonds. The summed E-state index contributed by atoms with van der Waals surface area (Å²) in [4.78, 5) is 25.2. The maximum absolute atomic E-state index is 12.9. The Kier molecular flexibility index (Phi) is 7.86. The Labute approximate surface area is 214 Å². The number of rotatable bonds is 10. The minimum atomic E-state index is -1.16. The molecule has 37 heavy (non-hydrogen) atoms. The molecule has 0 radical (unpaired) electrons. The predicted molar refractivity (Wildman–Crippen MR) is 143 cm³/mol. The fourth-order valence-electron chi connectivity index (χ4n) is 4.67. The van der Waals surface area contributed by atoms with E-state index in [2.05, 4.69) is 5.32 Å². The lowest BCUT2D eigenvalue weighted by molar-refractivity contribution is 0.0697. The number of carboxylic acid groups (broad SMARTS) is 1. The number of benzene rings is 3. The molecular weight excluding hydrogens is 470 g/mol. The molecule has 1 aliphatic heterocycles. The van der Waals surface area contributed by atoms with Crippen molar-refractivity contribution in [1.29, 1.82) is 5.41 Å². The average Bonchev–Trinajstić information content (AvgIpc) is 2.87. The summed E-state index contributed by atoms with van der Waals surface area (Å²) < 4.78 is 6.00. The standard InChI is InChI=1S/C28H31N5O4/c29-10-7-16(8-11-30)9-12-33-27(34)17-1-4-20(23(13-17)28(35)36)26-21-5-2-18(31)14-24(21)37-25-15-19(32)3-6-22(25)26/h1-6,13-16,31H,7-12,29-30,32H2,(H,33,34)(H,35,36). The van der Waals surface area contributed by atoms with Gasteiger partial charge in [-0.3, -0.25) is 4.79 Å². The van der Waals surface area contributed by atoms with Crippen LogP contribution in [0.15, 0.2) is 59.0 Å². The van der Waals surface area contributed by atoms with Crippen LogP contribution in [0.3, 0.4) is 0 Å². The smallest absolute Gasteiger partial charge is 0.336 e. The van der Waals surface area contributed by atoms with E-state index in [1.54, 1.807) is 48.5 Å². The molecule has 0 aromatic heterocycles. The normalized spacial score (nSPS) is 11.3.